The average Bonchev–Trinajstić information content (AvgIpc) is 2.38. The van der Waals surface area contributed by atoms with Gasteiger partial charge in [0.2, 0.25) is 0 Å². The Morgan fingerprint density at radius 1 is 1.00 bits per heavy atom. The molecule has 2 N–H and O–H groups in total. The Kier molecular flexibility index (Phi) is 7.86. The van der Waals surface area contributed by atoms with E-state index in [2.05, 4.69) is 23.2 Å². The van der Waals surface area contributed by atoms with Crippen molar-refractivity contribution in [3.63, 3.8) is 0 Å². The summed E-state index contributed by atoms with van der Waals surface area (Å²) in [5, 5.41) is 0. The molecule has 92 valence electrons. The van der Waals surface area contributed by atoms with Crippen molar-refractivity contribution in [2.45, 2.75) is 25.7 Å². The largest absolute Gasteiger partial charge is 0.330 e. The third kappa shape index (κ3) is 7.47. The zero-order valence-corrected chi connectivity index (χ0v) is 10.4. The van der Waals surface area contributed by atoms with Crippen molar-refractivity contribution in [1.29, 1.82) is 0 Å². The van der Waals surface area contributed by atoms with Crippen LogP contribution in [0.1, 0.15) is 31.2 Å². The summed E-state index contributed by atoms with van der Waals surface area (Å²) in [6, 6.07) is 10.3. The quantitative estimate of drug-likeness (QED) is 0.540. The van der Waals surface area contributed by atoms with E-state index < -0.39 is 0 Å². The standard InChI is InChI=1S/C15H22N2/c16-12-6-1-2-7-13-17-14-8-11-15-9-4-3-5-10-15/h3-5,8-11,14H,1-2,6-7,12-13,16H2. The Hall–Kier alpha value is -1.41. The highest BCUT2D eigenvalue weighted by Crippen LogP contribution is 2.00. The maximum atomic E-state index is 5.43. The highest BCUT2D eigenvalue weighted by Gasteiger charge is 1.86. The van der Waals surface area contributed by atoms with E-state index in [9.17, 15) is 0 Å². The average molecular weight is 230 g/mol. The van der Waals surface area contributed by atoms with E-state index >= 15 is 0 Å². The minimum absolute atomic E-state index is 0.809. The van der Waals surface area contributed by atoms with E-state index in [0.29, 0.717) is 0 Å². The van der Waals surface area contributed by atoms with Gasteiger partial charge in [-0.15, -0.1) is 0 Å². The molecule has 0 fully saturated rings. The number of rotatable bonds is 8. The van der Waals surface area contributed by atoms with Crippen LogP contribution < -0.4 is 5.73 Å². The number of hydrogen-bond donors (Lipinski definition) is 1. The van der Waals surface area contributed by atoms with Gasteiger partial charge in [0.25, 0.3) is 0 Å². The van der Waals surface area contributed by atoms with Gasteiger partial charge in [0.15, 0.2) is 0 Å². The van der Waals surface area contributed by atoms with Gasteiger partial charge < -0.3 is 5.73 Å². The molecule has 0 amide bonds. The molecule has 0 spiro atoms. The lowest BCUT2D eigenvalue weighted by molar-refractivity contribution is 0.654. The first-order valence-corrected chi connectivity index (χ1v) is 6.35. The molecule has 17 heavy (non-hydrogen) atoms. The number of allylic oxidation sites excluding steroid dienone is 1. The summed E-state index contributed by atoms with van der Waals surface area (Å²) in [4.78, 5) is 4.34. The van der Waals surface area contributed by atoms with Crippen LogP contribution in [0.5, 0.6) is 0 Å². The molecule has 0 saturated carbocycles. The molecule has 2 nitrogen and oxygen atoms in total. The van der Waals surface area contributed by atoms with E-state index in [1.807, 2.05) is 30.5 Å². The second kappa shape index (κ2) is 9.79. The second-order valence-corrected chi connectivity index (χ2v) is 4.03. The minimum atomic E-state index is 0.809. The van der Waals surface area contributed by atoms with Crippen molar-refractivity contribution in [3.05, 3.63) is 42.0 Å². The molecule has 0 saturated heterocycles. The van der Waals surface area contributed by atoms with Crippen molar-refractivity contribution in [1.82, 2.24) is 0 Å². The molecule has 1 rings (SSSR count). The topological polar surface area (TPSA) is 38.4 Å². The van der Waals surface area contributed by atoms with Gasteiger partial charge in [-0.1, -0.05) is 49.2 Å². The molecule has 0 bridgehead atoms. The minimum Gasteiger partial charge on any atom is -0.330 e. The Balaban J connectivity index is 2.08. The highest BCUT2D eigenvalue weighted by atomic mass is 14.7. The normalized spacial score (nSPS) is 11.6. The fourth-order valence-electron chi connectivity index (χ4n) is 1.55. The molecule has 0 aliphatic heterocycles. The third-order valence-electron chi connectivity index (χ3n) is 2.52. The molecule has 0 heterocycles. The smallest absolute Gasteiger partial charge is 0.0389 e. The molecular formula is C15H22N2. The molecule has 1 aromatic carbocycles. The third-order valence-corrected chi connectivity index (χ3v) is 2.52. The first-order chi connectivity index (χ1) is 8.43. The predicted octanol–water partition coefficient (Wildman–Crippen LogP) is 3.29. The monoisotopic (exact) mass is 230 g/mol. The molecule has 0 aromatic heterocycles. The Morgan fingerprint density at radius 3 is 2.53 bits per heavy atom. The van der Waals surface area contributed by atoms with Gasteiger partial charge in [-0.25, -0.2) is 0 Å². The van der Waals surface area contributed by atoms with Crippen molar-refractivity contribution in [3.8, 4) is 0 Å². The fourth-order valence-corrected chi connectivity index (χ4v) is 1.55. The number of unbranched alkanes of at least 4 members (excludes halogenated alkanes) is 3. The van der Waals surface area contributed by atoms with Gasteiger partial charge in [-0.2, -0.15) is 0 Å². The van der Waals surface area contributed by atoms with E-state index in [-0.39, 0.29) is 0 Å². The van der Waals surface area contributed by atoms with Gasteiger partial charge >= 0.3 is 0 Å². The zero-order chi connectivity index (χ0) is 12.2. The van der Waals surface area contributed by atoms with E-state index in [1.165, 1.54) is 18.4 Å². The van der Waals surface area contributed by atoms with Crippen molar-refractivity contribution < 1.29 is 0 Å². The zero-order valence-electron chi connectivity index (χ0n) is 10.4. The summed E-state index contributed by atoms with van der Waals surface area (Å²) in [5.41, 5.74) is 6.64. The number of nitrogens with zero attached hydrogens (tertiary/aromatic N) is 1. The van der Waals surface area contributed by atoms with E-state index in [0.717, 1.165) is 25.9 Å². The first-order valence-electron chi connectivity index (χ1n) is 6.35. The Bertz CT molecular complexity index is 328. The van der Waals surface area contributed by atoms with Crippen LogP contribution in [0.25, 0.3) is 6.08 Å². The molecule has 0 atom stereocenters. The number of nitrogens with two attached hydrogens (primary N) is 1. The van der Waals surface area contributed by atoms with Crippen molar-refractivity contribution in [2.75, 3.05) is 13.1 Å². The van der Waals surface area contributed by atoms with Crippen LogP contribution in [0, 0.1) is 0 Å². The Labute approximate surface area is 104 Å². The summed E-state index contributed by atoms with van der Waals surface area (Å²) in [5.74, 6) is 0. The molecule has 2 heteroatoms. The SMILES string of the molecule is NCCCCCCN=CC=Cc1ccccc1. The first kappa shape index (κ1) is 13.7. The summed E-state index contributed by atoms with van der Waals surface area (Å²) in [6.07, 6.45) is 10.7. The molecule has 0 radical (unpaired) electrons. The molecule has 0 unspecified atom stereocenters. The van der Waals surface area contributed by atoms with Crippen molar-refractivity contribution in [2.24, 2.45) is 10.7 Å². The van der Waals surface area contributed by atoms with Gasteiger partial charge in [0.1, 0.15) is 0 Å². The maximum absolute atomic E-state index is 5.43. The molecular weight excluding hydrogens is 208 g/mol. The summed E-state index contributed by atoms with van der Waals surface area (Å²) >= 11 is 0. The van der Waals surface area contributed by atoms with E-state index in [1.54, 1.807) is 0 Å². The van der Waals surface area contributed by atoms with Gasteiger partial charge in [0.05, 0.1) is 0 Å². The highest BCUT2D eigenvalue weighted by molar-refractivity contribution is 5.78. The van der Waals surface area contributed by atoms with Gasteiger partial charge in [-0.3, -0.25) is 4.99 Å². The van der Waals surface area contributed by atoms with Gasteiger partial charge in [0, 0.05) is 12.8 Å². The number of hydrogen-bond acceptors (Lipinski definition) is 2. The summed E-state index contributed by atoms with van der Waals surface area (Å²) in [6.45, 7) is 1.73. The fraction of sp³-hybridized carbons (Fsp3) is 0.400. The lowest BCUT2D eigenvalue weighted by Crippen LogP contribution is -1.97. The van der Waals surface area contributed by atoms with Crippen LogP contribution >= 0.6 is 0 Å². The van der Waals surface area contributed by atoms with Gasteiger partial charge in [-0.05, 0) is 31.0 Å². The lowest BCUT2D eigenvalue weighted by Gasteiger charge is -1.95. The van der Waals surface area contributed by atoms with Crippen LogP contribution in [0.15, 0.2) is 41.4 Å². The molecule has 0 aliphatic carbocycles. The number of aliphatic imine (C=N–C) groups is 1. The van der Waals surface area contributed by atoms with Crippen LogP contribution in [-0.4, -0.2) is 19.3 Å². The van der Waals surface area contributed by atoms with E-state index in [4.69, 9.17) is 5.73 Å². The second-order valence-electron chi connectivity index (χ2n) is 4.03. The molecule has 0 aliphatic rings. The predicted molar refractivity (Wildman–Crippen MR) is 76.4 cm³/mol. The van der Waals surface area contributed by atoms with Crippen LogP contribution in [-0.2, 0) is 0 Å². The van der Waals surface area contributed by atoms with Crippen LogP contribution in [0.3, 0.4) is 0 Å². The maximum Gasteiger partial charge on any atom is 0.0389 e. The number of benzene rings is 1. The summed E-state index contributed by atoms with van der Waals surface area (Å²) < 4.78 is 0. The summed E-state index contributed by atoms with van der Waals surface area (Å²) in [7, 11) is 0. The van der Waals surface area contributed by atoms with Crippen LogP contribution in [0.2, 0.25) is 0 Å². The van der Waals surface area contributed by atoms with Crippen molar-refractivity contribution >= 4 is 12.3 Å². The van der Waals surface area contributed by atoms with Crippen LogP contribution in [0.4, 0.5) is 0 Å². The molecule has 1 aromatic rings. The Morgan fingerprint density at radius 2 is 1.76 bits per heavy atom. The lowest BCUT2D eigenvalue weighted by atomic mass is 10.2.